The lowest BCUT2D eigenvalue weighted by molar-refractivity contribution is -0.143. The first-order chi connectivity index (χ1) is 8.54. The van der Waals surface area contributed by atoms with E-state index >= 15 is 0 Å². The van der Waals surface area contributed by atoms with Crippen LogP contribution in [0, 0.1) is 0 Å². The highest BCUT2D eigenvalue weighted by atomic mass is 16.4. The molecule has 0 saturated carbocycles. The lowest BCUT2D eigenvalue weighted by atomic mass is 10.3. The standard InChI is InChI=1S/C11H14N2O5/c14-7-8(11(17)18)12-9(15)4-6-13-5-2-1-3-10(13)16/h1-3,5,8,14H,4,6-7H2,(H,12,15)(H,17,18)/t8-/m0/s1. The number of pyridine rings is 1. The number of hydrogen-bond donors (Lipinski definition) is 3. The third-order valence-electron chi connectivity index (χ3n) is 2.29. The van der Waals surface area contributed by atoms with Crippen molar-refractivity contribution in [2.75, 3.05) is 6.61 Å². The Morgan fingerprint density at radius 2 is 2.11 bits per heavy atom. The Kier molecular flexibility index (Phi) is 5.06. The van der Waals surface area contributed by atoms with Gasteiger partial charge in [-0.3, -0.25) is 9.59 Å². The molecule has 0 spiro atoms. The molecule has 1 aromatic heterocycles. The van der Waals surface area contributed by atoms with Crippen LogP contribution < -0.4 is 10.9 Å². The highest BCUT2D eigenvalue weighted by molar-refractivity contribution is 5.83. The number of carbonyl (C=O) groups is 2. The first kappa shape index (κ1) is 13.9. The van der Waals surface area contributed by atoms with Crippen molar-refractivity contribution in [2.45, 2.75) is 19.0 Å². The number of nitrogens with zero attached hydrogens (tertiary/aromatic N) is 1. The molecule has 98 valence electrons. The quantitative estimate of drug-likeness (QED) is 0.591. The molecule has 3 N–H and O–H groups in total. The fraction of sp³-hybridized carbons (Fsp3) is 0.364. The molecule has 0 aromatic carbocycles. The summed E-state index contributed by atoms with van der Waals surface area (Å²) in [5.41, 5.74) is -0.234. The maximum atomic E-state index is 11.4. The van der Waals surface area contributed by atoms with Gasteiger partial charge in [0.05, 0.1) is 6.61 Å². The summed E-state index contributed by atoms with van der Waals surface area (Å²) in [4.78, 5) is 33.3. The molecule has 0 aliphatic rings. The van der Waals surface area contributed by atoms with Crippen molar-refractivity contribution in [2.24, 2.45) is 0 Å². The van der Waals surface area contributed by atoms with Gasteiger partial charge in [0.25, 0.3) is 5.56 Å². The summed E-state index contributed by atoms with van der Waals surface area (Å²) in [6.07, 6.45) is 1.50. The van der Waals surface area contributed by atoms with Gasteiger partial charge < -0.3 is 20.1 Å². The van der Waals surface area contributed by atoms with E-state index in [0.29, 0.717) is 0 Å². The number of aromatic nitrogens is 1. The summed E-state index contributed by atoms with van der Waals surface area (Å²) < 4.78 is 1.34. The van der Waals surface area contributed by atoms with E-state index in [9.17, 15) is 14.4 Å². The van der Waals surface area contributed by atoms with E-state index in [-0.39, 0.29) is 18.5 Å². The Morgan fingerprint density at radius 1 is 1.39 bits per heavy atom. The molecule has 1 heterocycles. The molecule has 0 fully saturated rings. The normalized spacial score (nSPS) is 11.8. The minimum absolute atomic E-state index is 0.0340. The van der Waals surface area contributed by atoms with Gasteiger partial charge >= 0.3 is 5.97 Å². The van der Waals surface area contributed by atoms with Crippen molar-refractivity contribution in [3.8, 4) is 0 Å². The molecular weight excluding hydrogens is 240 g/mol. The fourth-order valence-electron chi connectivity index (χ4n) is 1.32. The molecule has 0 radical (unpaired) electrons. The number of carbonyl (C=O) groups excluding carboxylic acids is 1. The summed E-state index contributed by atoms with van der Waals surface area (Å²) in [6, 6.07) is 3.30. The number of aliphatic hydroxyl groups excluding tert-OH is 1. The number of rotatable bonds is 6. The van der Waals surface area contributed by atoms with E-state index in [1.165, 1.54) is 16.8 Å². The van der Waals surface area contributed by atoms with Crippen LogP contribution in [-0.2, 0) is 16.1 Å². The van der Waals surface area contributed by atoms with Crippen LogP contribution in [0.4, 0.5) is 0 Å². The summed E-state index contributed by atoms with van der Waals surface area (Å²) in [6.45, 7) is -0.518. The number of aliphatic hydroxyl groups is 1. The number of aliphatic carboxylic acids is 1. The average molecular weight is 254 g/mol. The van der Waals surface area contributed by atoms with Crippen LogP contribution in [0.5, 0.6) is 0 Å². The van der Waals surface area contributed by atoms with Gasteiger partial charge in [-0.2, -0.15) is 0 Å². The SMILES string of the molecule is O=C(CCn1ccccc1=O)N[C@@H](CO)C(=O)O. The van der Waals surface area contributed by atoms with Gasteiger partial charge in [0.15, 0.2) is 0 Å². The second kappa shape index (κ2) is 6.55. The number of carboxylic acids is 1. The minimum atomic E-state index is -1.31. The van der Waals surface area contributed by atoms with E-state index in [1.54, 1.807) is 12.1 Å². The zero-order valence-corrected chi connectivity index (χ0v) is 9.57. The van der Waals surface area contributed by atoms with Crippen LogP contribution in [0.15, 0.2) is 29.2 Å². The van der Waals surface area contributed by atoms with E-state index in [2.05, 4.69) is 5.32 Å². The molecule has 1 rings (SSSR count). The lowest BCUT2D eigenvalue weighted by Crippen LogP contribution is -2.43. The zero-order chi connectivity index (χ0) is 13.5. The maximum Gasteiger partial charge on any atom is 0.328 e. The van der Waals surface area contributed by atoms with Gasteiger partial charge in [0.1, 0.15) is 6.04 Å². The monoisotopic (exact) mass is 254 g/mol. The highest BCUT2D eigenvalue weighted by Crippen LogP contribution is 1.90. The summed E-state index contributed by atoms with van der Waals surface area (Å²) >= 11 is 0. The lowest BCUT2D eigenvalue weighted by Gasteiger charge is -2.11. The molecular formula is C11H14N2O5. The van der Waals surface area contributed by atoms with Crippen molar-refractivity contribution < 1.29 is 19.8 Å². The van der Waals surface area contributed by atoms with Crippen LogP contribution in [0.2, 0.25) is 0 Å². The molecule has 18 heavy (non-hydrogen) atoms. The van der Waals surface area contributed by atoms with Crippen LogP contribution in [0.25, 0.3) is 0 Å². The second-order valence-electron chi connectivity index (χ2n) is 3.62. The molecule has 0 aliphatic carbocycles. The van der Waals surface area contributed by atoms with E-state index < -0.39 is 24.5 Å². The Bertz CT molecular complexity index is 482. The van der Waals surface area contributed by atoms with Gasteiger partial charge in [-0.25, -0.2) is 4.79 Å². The van der Waals surface area contributed by atoms with E-state index in [0.717, 1.165) is 0 Å². The van der Waals surface area contributed by atoms with Gasteiger partial charge in [0, 0.05) is 25.2 Å². The largest absolute Gasteiger partial charge is 0.480 e. The molecule has 1 atom stereocenters. The van der Waals surface area contributed by atoms with Crippen molar-refractivity contribution >= 4 is 11.9 Å². The van der Waals surface area contributed by atoms with E-state index in [4.69, 9.17) is 10.2 Å². The average Bonchev–Trinajstić information content (AvgIpc) is 2.34. The number of carboxylic acid groups (broad SMARTS) is 1. The molecule has 0 aliphatic heterocycles. The number of amides is 1. The van der Waals surface area contributed by atoms with Crippen LogP contribution in [0.3, 0.4) is 0 Å². The molecule has 7 nitrogen and oxygen atoms in total. The Hall–Kier alpha value is -2.15. The van der Waals surface area contributed by atoms with Gasteiger partial charge in [-0.1, -0.05) is 6.07 Å². The molecule has 0 bridgehead atoms. The molecule has 1 aromatic rings. The topological polar surface area (TPSA) is 109 Å². The zero-order valence-electron chi connectivity index (χ0n) is 9.57. The maximum absolute atomic E-state index is 11.4. The Balaban J connectivity index is 2.49. The number of aryl methyl sites for hydroxylation is 1. The number of nitrogens with one attached hydrogen (secondary N) is 1. The van der Waals surface area contributed by atoms with Gasteiger partial charge in [-0.15, -0.1) is 0 Å². The second-order valence-corrected chi connectivity index (χ2v) is 3.62. The fourth-order valence-corrected chi connectivity index (χ4v) is 1.32. The van der Waals surface area contributed by atoms with Gasteiger partial charge in [0.2, 0.25) is 5.91 Å². The highest BCUT2D eigenvalue weighted by Gasteiger charge is 2.18. The third kappa shape index (κ3) is 4.02. The summed E-state index contributed by atoms with van der Waals surface area (Å²) in [5.74, 6) is -1.84. The van der Waals surface area contributed by atoms with E-state index in [1.807, 2.05) is 0 Å². The van der Waals surface area contributed by atoms with Crippen LogP contribution in [0.1, 0.15) is 6.42 Å². The summed E-state index contributed by atoms with van der Waals surface area (Å²) in [5, 5.41) is 19.5. The molecule has 7 heteroatoms. The Morgan fingerprint density at radius 3 is 2.67 bits per heavy atom. The Labute approximate surface area is 103 Å². The first-order valence-electron chi connectivity index (χ1n) is 5.33. The molecule has 1 amide bonds. The molecule has 0 unspecified atom stereocenters. The predicted molar refractivity (Wildman–Crippen MR) is 62.0 cm³/mol. The van der Waals surface area contributed by atoms with Crippen molar-refractivity contribution in [3.63, 3.8) is 0 Å². The first-order valence-corrected chi connectivity index (χ1v) is 5.33. The van der Waals surface area contributed by atoms with Crippen molar-refractivity contribution in [1.29, 1.82) is 0 Å². The predicted octanol–water partition coefficient (Wildman–Crippen LogP) is -1.20. The number of hydrogen-bond acceptors (Lipinski definition) is 4. The van der Waals surface area contributed by atoms with Crippen LogP contribution >= 0.6 is 0 Å². The summed E-state index contributed by atoms with van der Waals surface area (Å²) in [7, 11) is 0. The van der Waals surface area contributed by atoms with Crippen LogP contribution in [-0.4, -0.2) is 39.3 Å². The van der Waals surface area contributed by atoms with Crippen molar-refractivity contribution in [1.82, 2.24) is 9.88 Å². The molecule has 0 saturated heterocycles. The van der Waals surface area contributed by atoms with Crippen molar-refractivity contribution in [3.05, 3.63) is 34.7 Å². The third-order valence-corrected chi connectivity index (χ3v) is 2.29. The smallest absolute Gasteiger partial charge is 0.328 e. The van der Waals surface area contributed by atoms with Gasteiger partial charge in [-0.05, 0) is 6.07 Å². The minimum Gasteiger partial charge on any atom is -0.480 e.